The standard InChI is InChI=1S/C16H25N5O/c1-4-14(22)21-8-5-11(9-21)15-18-13-6-7-20(3)10-12(13)16(17-2)19-15/h11H,4-10H2,1-3H3,(H,17,18,19). The lowest BCUT2D eigenvalue weighted by atomic mass is 10.0. The molecule has 1 N–H and O–H groups in total. The van der Waals surface area contributed by atoms with Crippen LogP contribution in [-0.4, -0.2) is 59.4 Å². The molecule has 1 amide bonds. The first kappa shape index (κ1) is 15.2. The predicted molar refractivity (Wildman–Crippen MR) is 85.8 cm³/mol. The van der Waals surface area contributed by atoms with Gasteiger partial charge in [0.2, 0.25) is 5.91 Å². The Labute approximate surface area is 131 Å². The number of likely N-dealkylation sites (tertiary alicyclic amines) is 1. The van der Waals surface area contributed by atoms with Crippen LogP contribution in [0.15, 0.2) is 0 Å². The number of anilines is 1. The second-order valence-electron chi connectivity index (χ2n) is 6.27. The molecular formula is C16H25N5O. The third kappa shape index (κ3) is 2.79. The van der Waals surface area contributed by atoms with E-state index in [0.717, 1.165) is 50.7 Å². The summed E-state index contributed by atoms with van der Waals surface area (Å²) in [6, 6.07) is 0. The summed E-state index contributed by atoms with van der Waals surface area (Å²) in [5, 5.41) is 3.23. The first-order chi connectivity index (χ1) is 10.6. The Morgan fingerprint density at radius 1 is 1.36 bits per heavy atom. The zero-order valence-corrected chi connectivity index (χ0v) is 13.7. The Balaban J connectivity index is 1.85. The Morgan fingerprint density at radius 3 is 2.91 bits per heavy atom. The van der Waals surface area contributed by atoms with Crippen molar-refractivity contribution >= 4 is 11.7 Å². The van der Waals surface area contributed by atoms with E-state index in [1.54, 1.807) is 0 Å². The van der Waals surface area contributed by atoms with Crippen molar-refractivity contribution in [3.63, 3.8) is 0 Å². The van der Waals surface area contributed by atoms with Crippen molar-refractivity contribution in [3.8, 4) is 0 Å². The van der Waals surface area contributed by atoms with E-state index in [2.05, 4.69) is 17.3 Å². The number of nitrogens with one attached hydrogen (secondary N) is 1. The summed E-state index contributed by atoms with van der Waals surface area (Å²) in [6.07, 6.45) is 2.51. The monoisotopic (exact) mass is 303 g/mol. The van der Waals surface area contributed by atoms with Crippen molar-refractivity contribution in [3.05, 3.63) is 17.1 Å². The number of amides is 1. The van der Waals surface area contributed by atoms with E-state index in [9.17, 15) is 4.79 Å². The molecule has 0 aromatic carbocycles. The fourth-order valence-corrected chi connectivity index (χ4v) is 3.38. The fourth-order valence-electron chi connectivity index (χ4n) is 3.38. The topological polar surface area (TPSA) is 61.4 Å². The van der Waals surface area contributed by atoms with Gasteiger partial charge in [-0.1, -0.05) is 6.92 Å². The van der Waals surface area contributed by atoms with Crippen LogP contribution in [0.1, 0.15) is 42.8 Å². The number of hydrogen-bond acceptors (Lipinski definition) is 5. The van der Waals surface area contributed by atoms with Gasteiger partial charge in [0.05, 0.1) is 5.69 Å². The van der Waals surface area contributed by atoms with Crippen LogP contribution in [0.3, 0.4) is 0 Å². The van der Waals surface area contributed by atoms with Gasteiger partial charge in [0.25, 0.3) is 0 Å². The molecule has 0 saturated carbocycles. The second kappa shape index (κ2) is 6.20. The summed E-state index contributed by atoms with van der Waals surface area (Å²) in [7, 11) is 4.05. The van der Waals surface area contributed by atoms with E-state index in [4.69, 9.17) is 9.97 Å². The number of hydrogen-bond donors (Lipinski definition) is 1. The number of fused-ring (bicyclic) bond motifs is 1. The van der Waals surface area contributed by atoms with E-state index in [1.165, 1.54) is 11.3 Å². The highest BCUT2D eigenvalue weighted by molar-refractivity contribution is 5.76. The van der Waals surface area contributed by atoms with Crippen molar-refractivity contribution in [1.29, 1.82) is 0 Å². The Bertz CT molecular complexity index is 557. The van der Waals surface area contributed by atoms with Crippen molar-refractivity contribution < 1.29 is 4.79 Å². The second-order valence-corrected chi connectivity index (χ2v) is 6.27. The van der Waals surface area contributed by atoms with Crippen LogP contribution >= 0.6 is 0 Å². The lowest BCUT2D eigenvalue weighted by Crippen LogP contribution is -2.30. The highest BCUT2D eigenvalue weighted by atomic mass is 16.2. The summed E-state index contributed by atoms with van der Waals surface area (Å²) in [4.78, 5) is 25.7. The molecule has 0 bridgehead atoms. The molecule has 0 aliphatic carbocycles. The summed E-state index contributed by atoms with van der Waals surface area (Å²) >= 11 is 0. The SMILES string of the molecule is CCC(=O)N1CCC(c2nc3c(c(NC)n2)CN(C)CC3)C1. The van der Waals surface area contributed by atoms with E-state index in [0.29, 0.717) is 6.42 Å². The number of aromatic nitrogens is 2. The number of carbonyl (C=O) groups is 1. The molecule has 6 heteroatoms. The van der Waals surface area contributed by atoms with Gasteiger partial charge in [-0.2, -0.15) is 0 Å². The zero-order chi connectivity index (χ0) is 15.7. The van der Waals surface area contributed by atoms with Gasteiger partial charge >= 0.3 is 0 Å². The molecule has 3 heterocycles. The van der Waals surface area contributed by atoms with Crippen LogP contribution < -0.4 is 5.32 Å². The van der Waals surface area contributed by atoms with Gasteiger partial charge in [-0.15, -0.1) is 0 Å². The third-order valence-electron chi connectivity index (χ3n) is 4.71. The Kier molecular flexibility index (Phi) is 4.29. The molecule has 1 aromatic heterocycles. The minimum Gasteiger partial charge on any atom is -0.373 e. The molecule has 0 spiro atoms. The highest BCUT2D eigenvalue weighted by Gasteiger charge is 2.30. The number of nitrogens with zero attached hydrogens (tertiary/aromatic N) is 4. The van der Waals surface area contributed by atoms with Gasteiger partial charge < -0.3 is 15.1 Å². The first-order valence-electron chi connectivity index (χ1n) is 8.16. The third-order valence-corrected chi connectivity index (χ3v) is 4.71. The summed E-state index contributed by atoms with van der Waals surface area (Å²) in [5.41, 5.74) is 2.40. The molecule has 120 valence electrons. The molecular weight excluding hydrogens is 278 g/mol. The van der Waals surface area contributed by atoms with E-state index >= 15 is 0 Å². The minimum absolute atomic E-state index is 0.232. The summed E-state index contributed by atoms with van der Waals surface area (Å²) in [6.45, 7) is 5.44. The molecule has 0 radical (unpaired) electrons. The highest BCUT2D eigenvalue weighted by Crippen LogP contribution is 2.29. The maximum atomic E-state index is 11.9. The normalized spacial score (nSPS) is 21.8. The number of likely N-dealkylation sites (N-methyl/N-ethyl adjacent to an activating group) is 1. The fraction of sp³-hybridized carbons (Fsp3) is 0.688. The van der Waals surface area contributed by atoms with Crippen LogP contribution in [-0.2, 0) is 17.8 Å². The Morgan fingerprint density at radius 2 is 2.18 bits per heavy atom. The molecule has 1 unspecified atom stereocenters. The molecule has 2 aliphatic heterocycles. The molecule has 1 atom stereocenters. The minimum atomic E-state index is 0.232. The average Bonchev–Trinajstić information content (AvgIpc) is 3.03. The average molecular weight is 303 g/mol. The predicted octanol–water partition coefficient (Wildman–Crippen LogP) is 1.23. The molecule has 6 nitrogen and oxygen atoms in total. The van der Waals surface area contributed by atoms with Crippen LogP contribution in [0.4, 0.5) is 5.82 Å². The van der Waals surface area contributed by atoms with Crippen LogP contribution in [0.2, 0.25) is 0 Å². The summed E-state index contributed by atoms with van der Waals surface area (Å²) in [5.74, 6) is 2.36. The van der Waals surface area contributed by atoms with Crippen molar-refractivity contribution in [2.24, 2.45) is 0 Å². The maximum Gasteiger partial charge on any atom is 0.222 e. The van der Waals surface area contributed by atoms with E-state index in [1.807, 2.05) is 18.9 Å². The molecule has 22 heavy (non-hydrogen) atoms. The molecule has 2 aliphatic rings. The smallest absolute Gasteiger partial charge is 0.222 e. The number of carbonyl (C=O) groups excluding carboxylic acids is 1. The zero-order valence-electron chi connectivity index (χ0n) is 13.7. The van der Waals surface area contributed by atoms with Crippen LogP contribution in [0.25, 0.3) is 0 Å². The van der Waals surface area contributed by atoms with E-state index < -0.39 is 0 Å². The van der Waals surface area contributed by atoms with Gasteiger partial charge in [-0.05, 0) is 13.5 Å². The van der Waals surface area contributed by atoms with Crippen LogP contribution in [0.5, 0.6) is 0 Å². The quantitative estimate of drug-likeness (QED) is 0.910. The molecule has 3 rings (SSSR count). The lowest BCUT2D eigenvalue weighted by molar-refractivity contribution is -0.129. The van der Waals surface area contributed by atoms with Gasteiger partial charge in [0, 0.05) is 57.5 Å². The van der Waals surface area contributed by atoms with Crippen molar-refractivity contribution in [1.82, 2.24) is 19.8 Å². The number of rotatable bonds is 3. The van der Waals surface area contributed by atoms with Gasteiger partial charge in [0.1, 0.15) is 11.6 Å². The van der Waals surface area contributed by atoms with Gasteiger partial charge in [0.15, 0.2) is 0 Å². The first-order valence-corrected chi connectivity index (χ1v) is 8.16. The van der Waals surface area contributed by atoms with E-state index in [-0.39, 0.29) is 11.8 Å². The Hall–Kier alpha value is -1.69. The van der Waals surface area contributed by atoms with Crippen molar-refractivity contribution in [2.45, 2.75) is 38.6 Å². The maximum absolute atomic E-state index is 11.9. The van der Waals surface area contributed by atoms with Gasteiger partial charge in [-0.25, -0.2) is 9.97 Å². The molecule has 1 fully saturated rings. The lowest BCUT2D eigenvalue weighted by Gasteiger charge is -2.26. The van der Waals surface area contributed by atoms with Crippen LogP contribution in [0, 0.1) is 0 Å². The van der Waals surface area contributed by atoms with Gasteiger partial charge in [-0.3, -0.25) is 4.79 Å². The largest absolute Gasteiger partial charge is 0.373 e. The molecule has 1 aromatic rings. The van der Waals surface area contributed by atoms with Crippen molar-refractivity contribution in [2.75, 3.05) is 39.0 Å². The summed E-state index contributed by atoms with van der Waals surface area (Å²) < 4.78 is 0. The molecule has 1 saturated heterocycles.